The summed E-state index contributed by atoms with van der Waals surface area (Å²) in [7, 11) is 0. The zero-order valence-electron chi connectivity index (χ0n) is 26.0. The molecule has 0 spiro atoms. The van der Waals surface area contributed by atoms with E-state index >= 15 is 0 Å². The van der Waals surface area contributed by atoms with Gasteiger partial charge in [0.05, 0.1) is 0 Å². The number of carbonyl (C=O) groups is 2. The molecule has 0 amide bonds. The smallest absolute Gasteiger partial charge is 0.323 e. The maximum Gasteiger partial charge on any atom is 0.323 e. The molecule has 6 nitrogen and oxygen atoms in total. The number of aliphatic carboxylic acids is 2. The van der Waals surface area contributed by atoms with Gasteiger partial charge in [-0.05, 0) is 6.42 Å². The summed E-state index contributed by atoms with van der Waals surface area (Å²) in [5, 5.41) is 24.6. The Hall–Kier alpha value is -1.14. The molecule has 0 aromatic rings. The molecule has 4 N–H and O–H groups in total. The Labute approximate surface area is 242 Å². The third-order valence-electron chi connectivity index (χ3n) is 7.56. The average molecular weight is 558 g/mol. The van der Waals surface area contributed by atoms with Crippen LogP contribution in [0.4, 0.5) is 0 Å². The van der Waals surface area contributed by atoms with Crippen molar-refractivity contribution in [2.45, 2.75) is 200 Å². The molecule has 0 aromatic carbocycles. The molecule has 0 bridgehead atoms. The van der Waals surface area contributed by atoms with Crippen molar-refractivity contribution in [2.24, 2.45) is 0 Å². The minimum Gasteiger partial charge on any atom is -0.481 e. The predicted molar refractivity (Wildman–Crippen MR) is 165 cm³/mol. The maximum atomic E-state index is 10.1. The van der Waals surface area contributed by atoms with Crippen LogP contribution in [0.2, 0.25) is 0 Å². The third kappa shape index (κ3) is 36.9. The van der Waals surface area contributed by atoms with Gasteiger partial charge in [0, 0.05) is 6.42 Å². The van der Waals surface area contributed by atoms with Crippen LogP contribution in [0.15, 0.2) is 0 Å². The van der Waals surface area contributed by atoms with Crippen LogP contribution in [0.3, 0.4) is 0 Å². The van der Waals surface area contributed by atoms with Gasteiger partial charge in [0.25, 0.3) is 0 Å². The summed E-state index contributed by atoms with van der Waals surface area (Å²) in [5.41, 5.74) is 1.49. The van der Waals surface area contributed by atoms with E-state index in [0.717, 1.165) is 0 Å². The van der Waals surface area contributed by atoms with E-state index in [4.69, 9.17) is 15.4 Å². The van der Waals surface area contributed by atoms with Crippen LogP contribution in [-0.2, 0) is 9.59 Å². The zero-order chi connectivity index (χ0) is 29.2. The van der Waals surface area contributed by atoms with E-state index in [2.05, 4.69) is 13.8 Å². The molecule has 0 aromatic heterocycles. The number of unbranched alkanes of at least 4 members (excludes halogenated alkanes) is 25. The Balaban J connectivity index is 0. The molecular formula is C33H67NO5. The van der Waals surface area contributed by atoms with E-state index in [1.807, 2.05) is 0 Å². The molecule has 0 radical (unpaired) electrons. The van der Waals surface area contributed by atoms with E-state index in [1.54, 1.807) is 0 Å². The Bertz CT molecular complexity index is 474. The van der Waals surface area contributed by atoms with Gasteiger partial charge in [-0.25, -0.2) is 0 Å². The number of carboxylic acid groups (broad SMARTS) is 2. The van der Waals surface area contributed by atoms with Gasteiger partial charge in [-0.15, -0.1) is 0 Å². The third-order valence-corrected chi connectivity index (χ3v) is 7.56. The second-order valence-electron chi connectivity index (χ2n) is 11.4. The van der Waals surface area contributed by atoms with Crippen molar-refractivity contribution in [3.8, 4) is 0 Å². The van der Waals surface area contributed by atoms with Crippen molar-refractivity contribution in [2.75, 3.05) is 0 Å². The lowest BCUT2D eigenvalue weighted by Crippen LogP contribution is -2.34. The van der Waals surface area contributed by atoms with Gasteiger partial charge in [-0.2, -0.15) is 5.48 Å². The highest BCUT2D eigenvalue weighted by Gasteiger charge is 2.16. The monoisotopic (exact) mass is 558 g/mol. The Morgan fingerprint density at radius 3 is 0.872 bits per heavy atom. The van der Waals surface area contributed by atoms with Gasteiger partial charge < -0.3 is 15.4 Å². The number of hydrogen-bond acceptors (Lipinski definition) is 4. The molecule has 0 aliphatic heterocycles. The average Bonchev–Trinajstić information content (AvgIpc) is 2.91. The van der Waals surface area contributed by atoms with Crippen LogP contribution in [0.1, 0.15) is 194 Å². The van der Waals surface area contributed by atoms with E-state index < -0.39 is 18.0 Å². The van der Waals surface area contributed by atoms with Gasteiger partial charge in [0.1, 0.15) is 6.04 Å². The molecule has 0 fully saturated rings. The van der Waals surface area contributed by atoms with Crippen molar-refractivity contribution in [1.29, 1.82) is 0 Å². The zero-order valence-corrected chi connectivity index (χ0v) is 26.0. The van der Waals surface area contributed by atoms with Crippen LogP contribution < -0.4 is 5.48 Å². The van der Waals surface area contributed by atoms with Gasteiger partial charge in [0.2, 0.25) is 0 Å². The Kier molecular flexibility index (Phi) is 35.8. The van der Waals surface area contributed by atoms with Crippen molar-refractivity contribution in [3.05, 3.63) is 0 Å². The molecule has 1 unspecified atom stereocenters. The Morgan fingerprint density at radius 1 is 0.487 bits per heavy atom. The van der Waals surface area contributed by atoms with Crippen molar-refractivity contribution in [3.63, 3.8) is 0 Å². The molecule has 0 heterocycles. The minimum absolute atomic E-state index is 0.138. The normalized spacial score (nSPS) is 11.7. The van der Waals surface area contributed by atoms with Crippen LogP contribution in [0, 0.1) is 0 Å². The summed E-state index contributed by atoms with van der Waals surface area (Å²) in [6, 6.07) is -1.20. The molecular weight excluding hydrogens is 490 g/mol. The highest BCUT2D eigenvalue weighted by Crippen LogP contribution is 2.15. The van der Waals surface area contributed by atoms with Crippen LogP contribution in [-0.4, -0.2) is 33.4 Å². The first-order valence-electron chi connectivity index (χ1n) is 16.8. The summed E-state index contributed by atoms with van der Waals surface area (Å²) in [6.07, 6.45) is 38.0. The fourth-order valence-corrected chi connectivity index (χ4v) is 4.90. The van der Waals surface area contributed by atoms with E-state index in [0.29, 0.717) is 0 Å². The van der Waals surface area contributed by atoms with Crippen LogP contribution >= 0.6 is 0 Å². The van der Waals surface area contributed by atoms with E-state index in [-0.39, 0.29) is 12.8 Å². The summed E-state index contributed by atoms with van der Waals surface area (Å²) in [4.78, 5) is 20.1. The molecule has 6 heteroatoms. The number of carboxylic acids is 2. The van der Waals surface area contributed by atoms with Crippen molar-refractivity contribution >= 4 is 11.9 Å². The highest BCUT2D eigenvalue weighted by molar-refractivity contribution is 5.74. The molecule has 234 valence electrons. The fraction of sp³-hybridized carbons (Fsp3) is 0.939. The molecule has 0 saturated heterocycles. The van der Waals surface area contributed by atoms with Crippen LogP contribution in [0.5, 0.6) is 0 Å². The number of hydroxylamine groups is 1. The topological polar surface area (TPSA) is 107 Å². The van der Waals surface area contributed by atoms with Crippen LogP contribution in [0.25, 0.3) is 0 Å². The predicted octanol–water partition coefficient (Wildman–Crippen LogP) is 10.5. The SMILES string of the molecule is CCCCCCCCCCCCCCCCCCCCCCCCCCCC.O=C(O)CCC(NO)C(=O)O. The number of nitrogens with one attached hydrogen (secondary N) is 1. The second kappa shape index (κ2) is 34.9. The van der Waals surface area contributed by atoms with Crippen molar-refractivity contribution in [1.82, 2.24) is 5.48 Å². The highest BCUT2D eigenvalue weighted by atomic mass is 16.5. The van der Waals surface area contributed by atoms with Gasteiger partial charge in [0.15, 0.2) is 0 Å². The fourth-order valence-electron chi connectivity index (χ4n) is 4.90. The lowest BCUT2D eigenvalue weighted by atomic mass is 10.0. The van der Waals surface area contributed by atoms with Crippen molar-refractivity contribution < 1.29 is 25.0 Å². The number of rotatable bonds is 30. The first kappa shape index (κ1) is 40.0. The summed E-state index contributed by atoms with van der Waals surface area (Å²) in [6.45, 7) is 4.61. The summed E-state index contributed by atoms with van der Waals surface area (Å²) in [5.74, 6) is -2.36. The van der Waals surface area contributed by atoms with E-state index in [1.165, 1.54) is 172 Å². The maximum absolute atomic E-state index is 10.1. The Morgan fingerprint density at radius 2 is 0.718 bits per heavy atom. The molecule has 0 aliphatic rings. The molecule has 0 aliphatic carbocycles. The molecule has 1 atom stereocenters. The molecule has 39 heavy (non-hydrogen) atoms. The standard InChI is InChI=1S/C28H58.C5H9NO5/c1-3-5-7-9-11-13-15-17-19-21-23-25-27-28-26-24-22-20-18-16-14-12-10-8-6-4-2;7-4(8)2-1-3(6-11)5(9)10/h3-28H2,1-2H3;3,6,11H,1-2H2,(H,7,8)(H,9,10). The molecule has 0 rings (SSSR count). The van der Waals surface area contributed by atoms with Gasteiger partial charge >= 0.3 is 11.9 Å². The first-order valence-corrected chi connectivity index (χ1v) is 16.8. The quantitative estimate of drug-likeness (QED) is 0.0517. The van der Waals surface area contributed by atoms with E-state index in [9.17, 15) is 9.59 Å². The summed E-state index contributed by atoms with van der Waals surface area (Å²) < 4.78 is 0. The second-order valence-corrected chi connectivity index (χ2v) is 11.4. The lowest BCUT2D eigenvalue weighted by Gasteiger charge is -2.06. The van der Waals surface area contributed by atoms with Gasteiger partial charge in [-0.3, -0.25) is 9.59 Å². The first-order chi connectivity index (χ1) is 19.0. The van der Waals surface area contributed by atoms with Gasteiger partial charge in [-0.1, -0.05) is 181 Å². The largest absolute Gasteiger partial charge is 0.481 e. The minimum atomic E-state index is -1.27. The summed E-state index contributed by atoms with van der Waals surface area (Å²) >= 11 is 0. The molecule has 0 saturated carbocycles. The number of hydrogen-bond donors (Lipinski definition) is 4. The lowest BCUT2D eigenvalue weighted by molar-refractivity contribution is -0.143.